The summed E-state index contributed by atoms with van der Waals surface area (Å²) < 4.78 is 38.6. The second kappa shape index (κ2) is 6.71. The third-order valence-electron chi connectivity index (χ3n) is 5.50. The van der Waals surface area contributed by atoms with Crippen molar-refractivity contribution in [3.8, 4) is 11.1 Å². The highest BCUT2D eigenvalue weighted by Gasteiger charge is 2.39. The van der Waals surface area contributed by atoms with Crippen molar-refractivity contribution in [3.05, 3.63) is 59.7 Å². The number of nitrogens with one attached hydrogen (secondary N) is 1. The molecule has 5 heteroatoms. The molecule has 0 heterocycles. The molecule has 2 aliphatic rings. The van der Waals surface area contributed by atoms with Crippen LogP contribution in [-0.4, -0.2) is 18.6 Å². The second-order valence-electron chi connectivity index (χ2n) is 7.56. The van der Waals surface area contributed by atoms with Crippen molar-refractivity contribution in [1.29, 1.82) is 0 Å². The van der Waals surface area contributed by atoms with Crippen molar-refractivity contribution in [2.24, 2.45) is 11.7 Å². The molecule has 0 saturated heterocycles. The molecule has 2 aromatic carbocycles. The first-order chi connectivity index (χ1) is 12.4. The van der Waals surface area contributed by atoms with Gasteiger partial charge in [0.2, 0.25) is 0 Å². The van der Waals surface area contributed by atoms with E-state index in [0.717, 1.165) is 24.6 Å². The number of halogens is 3. The second-order valence-corrected chi connectivity index (χ2v) is 7.56. The summed E-state index contributed by atoms with van der Waals surface area (Å²) in [4.78, 5) is 0. The van der Waals surface area contributed by atoms with Gasteiger partial charge in [-0.3, -0.25) is 0 Å². The molecule has 3 unspecified atom stereocenters. The molecule has 2 aliphatic carbocycles. The van der Waals surface area contributed by atoms with Crippen LogP contribution in [0.15, 0.2) is 48.5 Å². The fourth-order valence-electron chi connectivity index (χ4n) is 3.57. The van der Waals surface area contributed by atoms with Crippen LogP contribution in [0, 0.1) is 5.92 Å². The summed E-state index contributed by atoms with van der Waals surface area (Å²) in [6.07, 6.45) is -0.702. The van der Waals surface area contributed by atoms with Gasteiger partial charge in [0, 0.05) is 24.5 Å². The topological polar surface area (TPSA) is 38.0 Å². The average Bonchev–Trinajstić information content (AvgIpc) is 3.53. The summed E-state index contributed by atoms with van der Waals surface area (Å²) in [5.74, 6) is 1.18. The largest absolute Gasteiger partial charge is 0.416 e. The van der Waals surface area contributed by atoms with Gasteiger partial charge in [-0.2, -0.15) is 13.2 Å². The number of benzene rings is 2. The van der Waals surface area contributed by atoms with E-state index >= 15 is 0 Å². The molecule has 2 fully saturated rings. The number of hydrogen-bond donors (Lipinski definition) is 2. The normalized spacial score (nSPS) is 23.7. The zero-order valence-corrected chi connectivity index (χ0v) is 14.5. The van der Waals surface area contributed by atoms with Crippen molar-refractivity contribution >= 4 is 0 Å². The van der Waals surface area contributed by atoms with Gasteiger partial charge in [-0.1, -0.05) is 36.4 Å². The van der Waals surface area contributed by atoms with Gasteiger partial charge in [-0.15, -0.1) is 0 Å². The van der Waals surface area contributed by atoms with Crippen LogP contribution in [0.25, 0.3) is 11.1 Å². The van der Waals surface area contributed by atoms with Crippen molar-refractivity contribution in [2.45, 2.75) is 43.4 Å². The molecular weight excluding hydrogens is 337 g/mol. The first-order valence-electron chi connectivity index (χ1n) is 9.18. The average molecular weight is 360 g/mol. The Balaban J connectivity index is 1.38. The summed E-state index contributed by atoms with van der Waals surface area (Å²) in [6.45, 7) is 0.869. The molecule has 0 aromatic heterocycles. The highest BCUT2D eigenvalue weighted by Crippen LogP contribution is 2.42. The first-order valence-corrected chi connectivity index (χ1v) is 9.18. The van der Waals surface area contributed by atoms with Crippen molar-refractivity contribution in [2.75, 3.05) is 6.54 Å². The van der Waals surface area contributed by atoms with E-state index in [1.165, 1.54) is 30.5 Å². The quantitative estimate of drug-likeness (QED) is 0.793. The lowest BCUT2D eigenvalue weighted by atomic mass is 10.0. The van der Waals surface area contributed by atoms with Gasteiger partial charge in [0.1, 0.15) is 0 Å². The maximum atomic E-state index is 12.9. The summed E-state index contributed by atoms with van der Waals surface area (Å²) in [7, 11) is 0. The van der Waals surface area contributed by atoms with E-state index in [4.69, 9.17) is 5.73 Å². The predicted octanol–water partition coefficient (Wildman–Crippen LogP) is 4.56. The molecule has 0 bridgehead atoms. The molecule has 4 rings (SSSR count). The molecule has 0 aliphatic heterocycles. The third-order valence-corrected chi connectivity index (χ3v) is 5.50. The first kappa shape index (κ1) is 17.6. The highest BCUT2D eigenvalue weighted by molar-refractivity contribution is 5.65. The van der Waals surface area contributed by atoms with Crippen LogP contribution in [0.3, 0.4) is 0 Å². The Hall–Kier alpha value is -1.85. The van der Waals surface area contributed by atoms with E-state index in [9.17, 15) is 13.2 Å². The Kier molecular flexibility index (Phi) is 4.53. The van der Waals surface area contributed by atoms with Gasteiger partial charge >= 0.3 is 6.18 Å². The molecule has 3 atom stereocenters. The summed E-state index contributed by atoms with van der Waals surface area (Å²) >= 11 is 0. The van der Waals surface area contributed by atoms with Crippen LogP contribution >= 0.6 is 0 Å². The van der Waals surface area contributed by atoms with Gasteiger partial charge in [0.15, 0.2) is 0 Å². The fourth-order valence-corrected chi connectivity index (χ4v) is 3.57. The molecule has 26 heavy (non-hydrogen) atoms. The Bertz CT molecular complexity index is 766. The van der Waals surface area contributed by atoms with Crippen LogP contribution in [0.1, 0.15) is 36.3 Å². The van der Waals surface area contributed by atoms with Gasteiger partial charge in [0.05, 0.1) is 5.56 Å². The molecular formula is C21H23F3N2. The highest BCUT2D eigenvalue weighted by atomic mass is 19.4. The minimum absolute atomic E-state index is 0.263. The minimum atomic E-state index is -4.32. The van der Waals surface area contributed by atoms with Crippen LogP contribution in [-0.2, 0) is 6.18 Å². The number of alkyl halides is 3. The number of nitrogens with two attached hydrogens (primary N) is 1. The van der Waals surface area contributed by atoms with Gasteiger partial charge in [0.25, 0.3) is 0 Å². The molecule has 0 amide bonds. The van der Waals surface area contributed by atoms with E-state index < -0.39 is 11.7 Å². The summed E-state index contributed by atoms with van der Waals surface area (Å²) in [5, 5.41) is 3.55. The number of rotatable bonds is 6. The van der Waals surface area contributed by atoms with Crippen LogP contribution in [0.4, 0.5) is 13.2 Å². The van der Waals surface area contributed by atoms with Crippen LogP contribution in [0.2, 0.25) is 0 Å². The fraction of sp³-hybridized carbons (Fsp3) is 0.429. The van der Waals surface area contributed by atoms with Gasteiger partial charge in [-0.05, 0) is 54.0 Å². The monoisotopic (exact) mass is 360 g/mol. The maximum Gasteiger partial charge on any atom is 0.416 e. The van der Waals surface area contributed by atoms with E-state index in [0.29, 0.717) is 23.4 Å². The lowest BCUT2D eigenvalue weighted by Crippen LogP contribution is -2.36. The maximum absolute atomic E-state index is 12.9. The molecule has 138 valence electrons. The minimum Gasteiger partial charge on any atom is -0.326 e. The van der Waals surface area contributed by atoms with Crippen molar-refractivity contribution in [1.82, 2.24) is 5.32 Å². The Morgan fingerprint density at radius 3 is 2.42 bits per heavy atom. The number of hydrogen-bond acceptors (Lipinski definition) is 2. The Morgan fingerprint density at radius 2 is 1.77 bits per heavy atom. The van der Waals surface area contributed by atoms with E-state index in [1.807, 2.05) is 24.3 Å². The Morgan fingerprint density at radius 1 is 1.04 bits per heavy atom. The smallest absolute Gasteiger partial charge is 0.326 e. The standard InChI is InChI=1S/C21H23F3N2/c22-21(23,24)17-3-1-2-16(10-17)13-4-6-14(7-5-13)18-11-20(18)26-12-19(25)15-8-9-15/h1-7,10,15,18-20,26H,8-9,11-12,25H2. The molecule has 3 N–H and O–H groups in total. The molecule has 0 spiro atoms. The third kappa shape index (κ3) is 3.94. The van der Waals surface area contributed by atoms with E-state index in [1.54, 1.807) is 6.07 Å². The van der Waals surface area contributed by atoms with Gasteiger partial charge in [-0.25, -0.2) is 0 Å². The Labute approximate surface area is 151 Å². The molecule has 2 saturated carbocycles. The zero-order valence-electron chi connectivity index (χ0n) is 14.5. The lowest BCUT2D eigenvalue weighted by molar-refractivity contribution is -0.137. The summed E-state index contributed by atoms with van der Waals surface area (Å²) in [5.41, 5.74) is 8.14. The van der Waals surface area contributed by atoms with Crippen molar-refractivity contribution < 1.29 is 13.2 Å². The van der Waals surface area contributed by atoms with Crippen molar-refractivity contribution in [3.63, 3.8) is 0 Å². The molecule has 2 nitrogen and oxygen atoms in total. The van der Waals surface area contributed by atoms with Crippen LogP contribution < -0.4 is 11.1 Å². The lowest BCUT2D eigenvalue weighted by Gasteiger charge is -2.11. The SMILES string of the molecule is NC(CNC1CC1c1ccc(-c2cccc(C(F)(F)F)c2)cc1)C1CC1. The molecule has 2 aromatic rings. The molecule has 0 radical (unpaired) electrons. The van der Waals surface area contributed by atoms with E-state index in [2.05, 4.69) is 5.32 Å². The summed E-state index contributed by atoms with van der Waals surface area (Å²) in [6, 6.07) is 14.1. The van der Waals surface area contributed by atoms with E-state index in [-0.39, 0.29) is 6.04 Å². The predicted molar refractivity (Wildman–Crippen MR) is 96.7 cm³/mol. The van der Waals surface area contributed by atoms with Crippen LogP contribution in [0.5, 0.6) is 0 Å². The van der Waals surface area contributed by atoms with Gasteiger partial charge < -0.3 is 11.1 Å². The zero-order chi connectivity index (χ0) is 18.3.